The van der Waals surface area contributed by atoms with Gasteiger partial charge < -0.3 is 14.7 Å². The monoisotopic (exact) mass is 307 g/mol. The highest BCUT2D eigenvalue weighted by molar-refractivity contribution is 5.73. The van der Waals surface area contributed by atoms with E-state index >= 15 is 0 Å². The quantitative estimate of drug-likeness (QED) is 0.756. The van der Waals surface area contributed by atoms with Gasteiger partial charge in [-0.2, -0.15) is 0 Å². The molecule has 0 saturated carbocycles. The maximum Gasteiger partial charge on any atom is 0.147 e. The predicted octanol–water partition coefficient (Wildman–Crippen LogP) is 4.46. The van der Waals surface area contributed by atoms with Crippen LogP contribution in [-0.2, 0) is 6.54 Å². The molecule has 0 radical (unpaired) electrons. The zero-order valence-electron chi connectivity index (χ0n) is 13.7. The van der Waals surface area contributed by atoms with Crippen molar-refractivity contribution in [2.24, 2.45) is 0 Å². The van der Waals surface area contributed by atoms with Crippen molar-refractivity contribution in [1.29, 1.82) is 0 Å². The van der Waals surface area contributed by atoms with E-state index in [0.717, 1.165) is 23.6 Å². The fourth-order valence-electron chi connectivity index (χ4n) is 2.61. The maximum absolute atomic E-state index is 4.98. The van der Waals surface area contributed by atoms with E-state index in [9.17, 15) is 0 Å². The summed E-state index contributed by atoms with van der Waals surface area (Å²) in [6.45, 7) is 2.83. The van der Waals surface area contributed by atoms with Crippen LogP contribution in [0, 0.1) is 6.92 Å². The van der Waals surface area contributed by atoms with Gasteiger partial charge in [0.25, 0.3) is 0 Å². The van der Waals surface area contributed by atoms with E-state index in [1.165, 1.54) is 16.7 Å². The Morgan fingerprint density at radius 3 is 2.65 bits per heavy atom. The second kappa shape index (κ2) is 6.67. The van der Waals surface area contributed by atoms with Gasteiger partial charge in [0.1, 0.15) is 17.6 Å². The van der Waals surface area contributed by atoms with Gasteiger partial charge in [0.05, 0.1) is 0 Å². The Hall–Kier alpha value is -2.59. The fourth-order valence-corrected chi connectivity index (χ4v) is 2.61. The minimum atomic E-state index is 0.850. The van der Waals surface area contributed by atoms with Crippen molar-refractivity contribution in [1.82, 2.24) is 10.1 Å². The average molecular weight is 307 g/mol. The molecule has 118 valence electrons. The molecule has 4 nitrogen and oxygen atoms in total. The summed E-state index contributed by atoms with van der Waals surface area (Å²) in [7, 11) is 4.17. The number of hydrogen-bond acceptors (Lipinski definition) is 4. The van der Waals surface area contributed by atoms with Crippen molar-refractivity contribution in [3.05, 3.63) is 66.1 Å². The lowest BCUT2D eigenvalue weighted by atomic mass is 9.99. The van der Waals surface area contributed by atoms with Crippen LogP contribution in [0.25, 0.3) is 11.1 Å². The van der Waals surface area contributed by atoms with Crippen molar-refractivity contribution in [2.45, 2.75) is 13.5 Å². The average Bonchev–Trinajstić information content (AvgIpc) is 2.93. The number of benzene rings is 2. The molecule has 23 heavy (non-hydrogen) atoms. The normalized spacial score (nSPS) is 11.0. The summed E-state index contributed by atoms with van der Waals surface area (Å²) in [5.41, 5.74) is 6.53. The van der Waals surface area contributed by atoms with E-state index in [-0.39, 0.29) is 0 Å². The van der Waals surface area contributed by atoms with E-state index < -0.39 is 0 Å². The predicted molar refractivity (Wildman–Crippen MR) is 93.8 cm³/mol. The van der Waals surface area contributed by atoms with Crippen molar-refractivity contribution >= 4 is 11.4 Å². The largest absolute Gasteiger partial charge is 0.362 e. The molecule has 3 rings (SSSR count). The number of aryl methyl sites for hydroxylation is 1. The van der Waals surface area contributed by atoms with Crippen LogP contribution in [0.2, 0.25) is 0 Å². The molecule has 0 spiro atoms. The SMILES string of the molecule is Cc1nocc1Nc1cccc(-c2ccccc2CN(C)C)c1. The molecular weight excluding hydrogens is 286 g/mol. The third kappa shape index (κ3) is 3.60. The summed E-state index contributed by atoms with van der Waals surface area (Å²) in [5, 5.41) is 7.25. The van der Waals surface area contributed by atoms with E-state index in [1.807, 2.05) is 13.0 Å². The van der Waals surface area contributed by atoms with Gasteiger partial charge in [-0.05, 0) is 49.8 Å². The van der Waals surface area contributed by atoms with Gasteiger partial charge in [0, 0.05) is 12.2 Å². The zero-order valence-corrected chi connectivity index (χ0v) is 13.7. The molecule has 0 bridgehead atoms. The molecule has 0 amide bonds. The number of anilines is 2. The number of aromatic nitrogens is 1. The Morgan fingerprint density at radius 2 is 1.91 bits per heavy atom. The smallest absolute Gasteiger partial charge is 0.147 e. The summed E-state index contributed by atoms with van der Waals surface area (Å²) in [6, 6.07) is 16.9. The Kier molecular flexibility index (Phi) is 4.44. The summed E-state index contributed by atoms with van der Waals surface area (Å²) in [6.07, 6.45) is 1.63. The molecule has 4 heteroatoms. The molecule has 0 aliphatic rings. The molecule has 0 unspecified atom stereocenters. The molecular formula is C19H21N3O. The summed E-state index contributed by atoms with van der Waals surface area (Å²) in [4.78, 5) is 2.18. The van der Waals surface area contributed by atoms with Crippen LogP contribution in [-0.4, -0.2) is 24.2 Å². The van der Waals surface area contributed by atoms with Gasteiger partial charge in [0.15, 0.2) is 0 Å². The molecule has 0 fully saturated rings. The van der Waals surface area contributed by atoms with E-state index in [1.54, 1.807) is 6.26 Å². The lowest BCUT2D eigenvalue weighted by Gasteiger charge is -2.15. The summed E-state index contributed by atoms with van der Waals surface area (Å²) >= 11 is 0. The van der Waals surface area contributed by atoms with Crippen LogP contribution < -0.4 is 5.32 Å². The Morgan fingerprint density at radius 1 is 1.09 bits per heavy atom. The highest BCUT2D eigenvalue weighted by atomic mass is 16.5. The highest BCUT2D eigenvalue weighted by Gasteiger charge is 2.08. The second-order valence-corrected chi connectivity index (χ2v) is 5.91. The number of rotatable bonds is 5. The molecule has 0 aliphatic carbocycles. The second-order valence-electron chi connectivity index (χ2n) is 5.91. The molecule has 0 saturated heterocycles. The molecule has 0 atom stereocenters. The van der Waals surface area contributed by atoms with Crippen LogP contribution in [0.3, 0.4) is 0 Å². The third-order valence-electron chi connectivity index (χ3n) is 3.71. The van der Waals surface area contributed by atoms with Crippen LogP contribution in [0.15, 0.2) is 59.3 Å². The van der Waals surface area contributed by atoms with Gasteiger partial charge in [-0.25, -0.2) is 0 Å². The minimum Gasteiger partial charge on any atom is -0.362 e. The molecule has 1 N–H and O–H groups in total. The minimum absolute atomic E-state index is 0.850. The molecule has 1 heterocycles. The molecule has 1 aromatic heterocycles. The van der Waals surface area contributed by atoms with E-state index in [2.05, 4.69) is 71.9 Å². The first-order valence-electron chi connectivity index (χ1n) is 7.64. The van der Waals surface area contributed by atoms with Gasteiger partial charge >= 0.3 is 0 Å². The summed E-state index contributed by atoms with van der Waals surface area (Å²) in [5.74, 6) is 0. The van der Waals surface area contributed by atoms with Crippen molar-refractivity contribution in [3.8, 4) is 11.1 Å². The third-order valence-corrected chi connectivity index (χ3v) is 3.71. The zero-order chi connectivity index (χ0) is 16.2. The van der Waals surface area contributed by atoms with Crippen LogP contribution in [0.4, 0.5) is 11.4 Å². The summed E-state index contributed by atoms with van der Waals surface area (Å²) < 4.78 is 4.98. The molecule has 3 aromatic rings. The van der Waals surface area contributed by atoms with Gasteiger partial charge in [-0.1, -0.05) is 41.6 Å². The standard InChI is InChI=1S/C19H21N3O/c1-14-19(13-23-21-14)20-17-9-6-8-15(11-17)18-10-5-4-7-16(18)12-22(2)3/h4-11,13,20H,12H2,1-3H3. The fraction of sp³-hybridized carbons (Fsp3) is 0.211. The lowest BCUT2D eigenvalue weighted by Crippen LogP contribution is -2.11. The van der Waals surface area contributed by atoms with Crippen LogP contribution in [0.5, 0.6) is 0 Å². The van der Waals surface area contributed by atoms with Gasteiger partial charge in [-0.15, -0.1) is 0 Å². The highest BCUT2D eigenvalue weighted by Crippen LogP contribution is 2.28. The Labute approximate surface area is 136 Å². The van der Waals surface area contributed by atoms with Gasteiger partial charge in [-0.3, -0.25) is 0 Å². The van der Waals surface area contributed by atoms with Gasteiger partial charge in [0.2, 0.25) is 0 Å². The Bertz CT molecular complexity index is 793. The van der Waals surface area contributed by atoms with E-state index in [4.69, 9.17) is 4.52 Å². The first kappa shape index (κ1) is 15.3. The molecule has 2 aromatic carbocycles. The van der Waals surface area contributed by atoms with Crippen molar-refractivity contribution < 1.29 is 4.52 Å². The maximum atomic E-state index is 4.98. The topological polar surface area (TPSA) is 41.3 Å². The number of nitrogens with one attached hydrogen (secondary N) is 1. The number of hydrogen-bond donors (Lipinski definition) is 1. The Balaban J connectivity index is 1.92. The first-order valence-corrected chi connectivity index (χ1v) is 7.64. The van der Waals surface area contributed by atoms with Crippen molar-refractivity contribution in [2.75, 3.05) is 19.4 Å². The van der Waals surface area contributed by atoms with E-state index in [0.29, 0.717) is 0 Å². The van der Waals surface area contributed by atoms with Crippen LogP contribution in [0.1, 0.15) is 11.3 Å². The molecule has 0 aliphatic heterocycles. The van der Waals surface area contributed by atoms with Crippen molar-refractivity contribution in [3.63, 3.8) is 0 Å². The van der Waals surface area contributed by atoms with Crippen LogP contribution >= 0.6 is 0 Å². The first-order chi connectivity index (χ1) is 11.1. The number of nitrogens with zero attached hydrogens (tertiary/aromatic N) is 2. The lowest BCUT2D eigenvalue weighted by molar-refractivity contribution is 0.403.